The van der Waals surface area contributed by atoms with Crippen molar-refractivity contribution >= 4 is 21.7 Å². The van der Waals surface area contributed by atoms with Gasteiger partial charge in [0.1, 0.15) is 28.0 Å². The van der Waals surface area contributed by atoms with E-state index >= 15 is 0 Å². The highest BCUT2D eigenvalue weighted by Gasteiger charge is 2.47. The number of ether oxygens (including phenoxy) is 1. The van der Waals surface area contributed by atoms with Crippen LogP contribution in [0.15, 0.2) is 76.1 Å². The molecule has 1 aliphatic heterocycles. The first-order valence-corrected chi connectivity index (χ1v) is 13.7. The maximum Gasteiger partial charge on any atom is 0.339 e. The molecule has 0 N–H and O–H groups in total. The first-order chi connectivity index (χ1) is 17.2. The summed E-state index contributed by atoms with van der Waals surface area (Å²) in [5.74, 6) is 0.0941. The molecule has 0 aromatic heterocycles. The Kier molecular flexibility index (Phi) is 5.94. The predicted octanol–water partition coefficient (Wildman–Crippen LogP) is 5.99. The maximum absolute atomic E-state index is 13.4. The molecule has 0 fully saturated rings. The molecule has 0 saturated heterocycles. The van der Waals surface area contributed by atoms with Crippen molar-refractivity contribution in [2.75, 3.05) is 0 Å². The Morgan fingerprint density at radius 1 is 0.784 bits per heavy atom. The fourth-order valence-electron chi connectivity index (χ4n) is 5.50. The van der Waals surface area contributed by atoms with Crippen molar-refractivity contribution in [3.05, 3.63) is 82.6 Å². The van der Waals surface area contributed by atoms with E-state index in [1.807, 2.05) is 27.7 Å². The molecule has 2 aromatic rings. The van der Waals surface area contributed by atoms with Crippen LogP contribution >= 0.6 is 0 Å². The molecule has 0 radical (unpaired) electrons. The van der Waals surface area contributed by atoms with Crippen molar-refractivity contribution in [3.63, 3.8) is 0 Å². The summed E-state index contributed by atoms with van der Waals surface area (Å²) in [6, 6.07) is 10.7. The first-order valence-electron chi connectivity index (χ1n) is 12.3. The number of ketones is 2. The monoisotopic (exact) mass is 524 g/mol. The van der Waals surface area contributed by atoms with E-state index in [2.05, 4.69) is 0 Å². The number of hydrogen-bond donors (Lipinski definition) is 0. The molecule has 194 valence electrons. The average Bonchev–Trinajstić information content (AvgIpc) is 2.76. The molecule has 0 unspecified atom stereocenters. The van der Waals surface area contributed by atoms with Crippen molar-refractivity contribution in [1.29, 1.82) is 0 Å². The van der Waals surface area contributed by atoms with Crippen LogP contribution in [0.5, 0.6) is 5.75 Å². The predicted molar refractivity (Wildman–Crippen MR) is 135 cm³/mol. The lowest BCUT2D eigenvalue weighted by atomic mass is 9.65. The van der Waals surface area contributed by atoms with Crippen LogP contribution in [0.2, 0.25) is 0 Å². The first kappa shape index (κ1) is 25.4. The lowest BCUT2D eigenvalue weighted by molar-refractivity contribution is -0.120. The van der Waals surface area contributed by atoms with E-state index in [0.29, 0.717) is 53.9 Å². The molecule has 2 aliphatic carbocycles. The molecule has 0 amide bonds. The number of halogens is 1. The number of carbonyl (C=O) groups is 2. The molecule has 0 atom stereocenters. The zero-order valence-corrected chi connectivity index (χ0v) is 22.1. The molecule has 2 aromatic carbocycles. The van der Waals surface area contributed by atoms with Crippen LogP contribution in [-0.2, 0) is 24.4 Å². The van der Waals surface area contributed by atoms with Crippen LogP contribution in [0.25, 0.3) is 0 Å². The third-order valence-corrected chi connectivity index (χ3v) is 8.36. The topological polar surface area (TPSA) is 86.7 Å². The van der Waals surface area contributed by atoms with Gasteiger partial charge < -0.3 is 8.92 Å². The van der Waals surface area contributed by atoms with Gasteiger partial charge in [0.2, 0.25) is 0 Å². The van der Waals surface area contributed by atoms with Crippen LogP contribution in [0.4, 0.5) is 4.39 Å². The van der Waals surface area contributed by atoms with Gasteiger partial charge in [-0.1, -0.05) is 39.8 Å². The Morgan fingerprint density at radius 2 is 1.27 bits per heavy atom. The number of allylic oxidation sites excluding steroid dienone is 4. The van der Waals surface area contributed by atoms with Crippen molar-refractivity contribution in [1.82, 2.24) is 0 Å². The van der Waals surface area contributed by atoms with Crippen molar-refractivity contribution < 1.29 is 31.3 Å². The zero-order chi connectivity index (χ0) is 26.8. The second-order valence-electron chi connectivity index (χ2n) is 11.7. The largest absolute Gasteiger partial charge is 0.465 e. The van der Waals surface area contributed by atoms with Crippen molar-refractivity contribution in [2.24, 2.45) is 10.8 Å². The quantitative estimate of drug-likeness (QED) is 0.457. The van der Waals surface area contributed by atoms with E-state index in [-0.39, 0.29) is 33.0 Å². The van der Waals surface area contributed by atoms with Crippen LogP contribution in [-0.4, -0.2) is 20.0 Å². The second-order valence-corrected chi connectivity index (χ2v) is 13.2. The zero-order valence-electron chi connectivity index (χ0n) is 21.3. The van der Waals surface area contributed by atoms with Gasteiger partial charge in [0.15, 0.2) is 11.6 Å². The Labute approximate surface area is 216 Å². The highest BCUT2D eigenvalue weighted by Crippen LogP contribution is 2.53. The minimum absolute atomic E-state index is 0.0420. The van der Waals surface area contributed by atoms with E-state index in [1.54, 1.807) is 12.1 Å². The van der Waals surface area contributed by atoms with E-state index in [9.17, 15) is 22.4 Å². The molecule has 37 heavy (non-hydrogen) atoms. The van der Waals surface area contributed by atoms with E-state index in [0.717, 1.165) is 24.3 Å². The van der Waals surface area contributed by atoms with Gasteiger partial charge in [-0.2, -0.15) is 8.42 Å². The van der Waals surface area contributed by atoms with Crippen LogP contribution < -0.4 is 4.18 Å². The highest BCUT2D eigenvalue weighted by molar-refractivity contribution is 7.87. The molecule has 6 nitrogen and oxygen atoms in total. The fourth-order valence-corrected chi connectivity index (χ4v) is 6.43. The summed E-state index contributed by atoms with van der Waals surface area (Å²) < 4.78 is 50.0. The Balaban J connectivity index is 1.53. The molecule has 3 aliphatic rings. The van der Waals surface area contributed by atoms with Gasteiger partial charge in [-0.25, -0.2) is 4.39 Å². The van der Waals surface area contributed by atoms with Crippen molar-refractivity contribution in [3.8, 4) is 5.75 Å². The Morgan fingerprint density at radius 3 is 1.76 bits per heavy atom. The molecule has 0 saturated carbocycles. The summed E-state index contributed by atoms with van der Waals surface area (Å²) >= 11 is 0. The number of rotatable bonds is 4. The Hall–Kier alpha value is -3.26. The van der Waals surface area contributed by atoms with Gasteiger partial charge in [0.25, 0.3) is 0 Å². The molecule has 0 bridgehead atoms. The summed E-state index contributed by atoms with van der Waals surface area (Å²) in [7, 11) is -4.16. The van der Waals surface area contributed by atoms with Gasteiger partial charge in [-0.05, 0) is 52.8 Å². The normalized spacial score (nSPS) is 21.3. The summed E-state index contributed by atoms with van der Waals surface area (Å²) in [5.41, 5.74) is 1.21. The van der Waals surface area contributed by atoms with E-state index in [1.165, 1.54) is 12.1 Å². The number of Topliss-reactive ketones (excluding diaryl/α,β-unsaturated/α-hetero) is 2. The molecule has 8 heteroatoms. The number of benzene rings is 2. The summed E-state index contributed by atoms with van der Waals surface area (Å²) in [4.78, 5) is 26.6. The fraction of sp³-hybridized carbons (Fsp3) is 0.379. The van der Waals surface area contributed by atoms with Crippen LogP contribution in [0.1, 0.15) is 64.9 Å². The van der Waals surface area contributed by atoms with Crippen LogP contribution in [0, 0.1) is 16.6 Å². The smallest absolute Gasteiger partial charge is 0.339 e. The van der Waals surface area contributed by atoms with Gasteiger partial charge >= 0.3 is 10.1 Å². The molecule has 5 rings (SSSR count). The summed E-state index contributed by atoms with van der Waals surface area (Å²) in [6.45, 7) is 8.11. The van der Waals surface area contributed by atoms with E-state index in [4.69, 9.17) is 8.92 Å². The highest BCUT2D eigenvalue weighted by atomic mass is 32.2. The third-order valence-electron chi connectivity index (χ3n) is 7.10. The van der Waals surface area contributed by atoms with Crippen LogP contribution in [0.3, 0.4) is 0 Å². The van der Waals surface area contributed by atoms with Crippen molar-refractivity contribution in [2.45, 2.75) is 64.2 Å². The van der Waals surface area contributed by atoms with Gasteiger partial charge in [0.05, 0.1) is 0 Å². The van der Waals surface area contributed by atoms with Gasteiger partial charge in [-0.15, -0.1) is 0 Å². The SMILES string of the molecule is CC1(C)CC(=O)C2=C(C1)OC1=C(C(=O)CC(C)(C)C1)C2c1ccc(OS(=O)(=O)c2ccc(F)cc2)cc1. The van der Waals surface area contributed by atoms with Gasteiger partial charge in [0, 0.05) is 42.7 Å². The van der Waals surface area contributed by atoms with Gasteiger partial charge in [-0.3, -0.25) is 9.59 Å². The third kappa shape index (κ3) is 4.87. The molecular weight excluding hydrogens is 495 g/mol. The molecular formula is C29H29FO6S. The lowest BCUT2D eigenvalue weighted by Gasteiger charge is -2.42. The number of carbonyl (C=O) groups excluding carboxylic acids is 2. The number of hydrogen-bond acceptors (Lipinski definition) is 6. The summed E-state index contributed by atoms with van der Waals surface area (Å²) in [5, 5.41) is 0. The molecule has 1 heterocycles. The Bertz CT molecular complexity index is 1410. The minimum atomic E-state index is -4.16. The average molecular weight is 525 g/mol. The molecule has 0 spiro atoms. The lowest BCUT2D eigenvalue weighted by Crippen LogP contribution is -2.37. The summed E-state index contributed by atoms with van der Waals surface area (Å²) in [6.07, 6.45) is 1.89. The maximum atomic E-state index is 13.4. The second kappa shape index (κ2) is 8.65. The van der Waals surface area contributed by atoms with E-state index < -0.39 is 21.9 Å². The standard InChI is InChI=1S/C29H29FO6S/c1-28(2)13-21(31)26-23(15-28)35-24-16-29(3,4)14-22(32)27(24)25(26)17-5-9-19(10-6-17)36-37(33,34)20-11-7-18(30)8-12-20/h5-12,25H,13-16H2,1-4H3. The minimum Gasteiger partial charge on any atom is -0.465 e.